The standard InChI is InChI=1S/C17H22BrN3/c1-4-16(19-2)17-9-8-15(11-20-17)21(3)12-13-6-5-7-14(18)10-13/h5-11,16,19H,4,12H2,1-3H3. The van der Waals surface area contributed by atoms with Gasteiger partial charge < -0.3 is 10.2 Å². The van der Waals surface area contributed by atoms with Gasteiger partial charge in [0.2, 0.25) is 0 Å². The summed E-state index contributed by atoms with van der Waals surface area (Å²) in [6, 6.07) is 13.0. The molecule has 21 heavy (non-hydrogen) atoms. The van der Waals surface area contributed by atoms with Gasteiger partial charge in [0.1, 0.15) is 0 Å². The minimum atomic E-state index is 0.328. The highest BCUT2D eigenvalue weighted by Crippen LogP contribution is 2.20. The fourth-order valence-corrected chi connectivity index (χ4v) is 2.84. The number of pyridine rings is 1. The summed E-state index contributed by atoms with van der Waals surface area (Å²) < 4.78 is 1.11. The molecule has 0 aliphatic rings. The van der Waals surface area contributed by atoms with Gasteiger partial charge in [-0.3, -0.25) is 4.98 Å². The van der Waals surface area contributed by atoms with Crippen molar-refractivity contribution < 1.29 is 0 Å². The lowest BCUT2D eigenvalue weighted by atomic mass is 10.1. The Morgan fingerprint density at radius 1 is 1.29 bits per heavy atom. The van der Waals surface area contributed by atoms with Gasteiger partial charge in [-0.2, -0.15) is 0 Å². The van der Waals surface area contributed by atoms with Crippen LogP contribution in [-0.2, 0) is 6.54 Å². The number of hydrogen-bond donors (Lipinski definition) is 1. The predicted molar refractivity (Wildman–Crippen MR) is 92.6 cm³/mol. The van der Waals surface area contributed by atoms with Crippen LogP contribution in [0.3, 0.4) is 0 Å². The minimum Gasteiger partial charge on any atom is -0.369 e. The van der Waals surface area contributed by atoms with Crippen molar-refractivity contribution in [1.82, 2.24) is 10.3 Å². The highest BCUT2D eigenvalue weighted by Gasteiger charge is 2.09. The third-order valence-corrected chi connectivity index (χ3v) is 4.13. The van der Waals surface area contributed by atoms with Crippen molar-refractivity contribution in [3.63, 3.8) is 0 Å². The second-order valence-corrected chi connectivity index (χ2v) is 6.09. The Hall–Kier alpha value is -1.39. The zero-order valence-electron chi connectivity index (χ0n) is 12.8. The minimum absolute atomic E-state index is 0.328. The van der Waals surface area contributed by atoms with Crippen molar-refractivity contribution in [3.8, 4) is 0 Å². The summed E-state index contributed by atoms with van der Waals surface area (Å²) in [5.74, 6) is 0. The van der Waals surface area contributed by atoms with E-state index in [1.165, 1.54) is 5.56 Å². The number of benzene rings is 1. The van der Waals surface area contributed by atoms with Crippen LogP contribution in [0.5, 0.6) is 0 Å². The third kappa shape index (κ3) is 4.29. The van der Waals surface area contributed by atoms with Gasteiger partial charge in [-0.05, 0) is 43.3 Å². The average molecular weight is 348 g/mol. The van der Waals surface area contributed by atoms with E-state index in [2.05, 4.69) is 75.4 Å². The molecule has 1 unspecified atom stereocenters. The van der Waals surface area contributed by atoms with Gasteiger partial charge in [0.15, 0.2) is 0 Å². The molecule has 1 heterocycles. The lowest BCUT2D eigenvalue weighted by molar-refractivity contribution is 0.561. The summed E-state index contributed by atoms with van der Waals surface area (Å²) in [7, 11) is 4.07. The van der Waals surface area contributed by atoms with Crippen molar-refractivity contribution >= 4 is 21.6 Å². The van der Waals surface area contributed by atoms with Gasteiger partial charge in [-0.25, -0.2) is 0 Å². The Kier molecular flexibility index (Phi) is 5.76. The number of nitrogens with zero attached hydrogens (tertiary/aromatic N) is 2. The van der Waals surface area contributed by atoms with E-state index in [-0.39, 0.29) is 0 Å². The molecule has 0 amide bonds. The molecule has 0 saturated heterocycles. The molecule has 1 aromatic carbocycles. The fourth-order valence-electron chi connectivity index (χ4n) is 2.39. The second-order valence-electron chi connectivity index (χ2n) is 5.18. The van der Waals surface area contributed by atoms with Crippen LogP contribution in [-0.4, -0.2) is 19.1 Å². The van der Waals surface area contributed by atoms with E-state index in [0.717, 1.165) is 28.8 Å². The van der Waals surface area contributed by atoms with Crippen molar-refractivity contribution in [2.24, 2.45) is 0 Å². The molecule has 2 rings (SSSR count). The Morgan fingerprint density at radius 2 is 2.10 bits per heavy atom. The monoisotopic (exact) mass is 347 g/mol. The molecule has 0 fully saturated rings. The Morgan fingerprint density at radius 3 is 2.67 bits per heavy atom. The van der Waals surface area contributed by atoms with Crippen molar-refractivity contribution in [2.75, 3.05) is 19.0 Å². The van der Waals surface area contributed by atoms with Gasteiger partial charge >= 0.3 is 0 Å². The number of rotatable bonds is 6. The number of aromatic nitrogens is 1. The normalized spacial score (nSPS) is 12.2. The number of anilines is 1. The van der Waals surface area contributed by atoms with Crippen LogP contribution >= 0.6 is 15.9 Å². The average Bonchev–Trinajstić information content (AvgIpc) is 2.49. The van der Waals surface area contributed by atoms with Crippen molar-refractivity contribution in [1.29, 1.82) is 0 Å². The molecule has 1 N–H and O–H groups in total. The first kappa shape index (κ1) is 16.0. The lowest BCUT2D eigenvalue weighted by Gasteiger charge is -2.20. The van der Waals surface area contributed by atoms with E-state index in [1.807, 2.05) is 19.3 Å². The van der Waals surface area contributed by atoms with Crippen LogP contribution < -0.4 is 10.2 Å². The highest BCUT2D eigenvalue weighted by atomic mass is 79.9. The number of nitrogens with one attached hydrogen (secondary N) is 1. The number of halogens is 1. The molecule has 1 atom stereocenters. The maximum Gasteiger partial charge on any atom is 0.0574 e. The quantitative estimate of drug-likeness (QED) is 0.850. The SMILES string of the molecule is CCC(NC)c1ccc(N(C)Cc2cccc(Br)c2)cn1. The molecule has 1 aromatic heterocycles. The van der Waals surface area contributed by atoms with Gasteiger partial charge in [0.25, 0.3) is 0 Å². The largest absolute Gasteiger partial charge is 0.369 e. The van der Waals surface area contributed by atoms with E-state index in [4.69, 9.17) is 0 Å². The zero-order valence-corrected chi connectivity index (χ0v) is 14.4. The first-order chi connectivity index (χ1) is 10.1. The highest BCUT2D eigenvalue weighted by molar-refractivity contribution is 9.10. The van der Waals surface area contributed by atoms with E-state index in [9.17, 15) is 0 Å². The van der Waals surface area contributed by atoms with Crippen LogP contribution in [0.15, 0.2) is 47.1 Å². The van der Waals surface area contributed by atoms with Crippen molar-refractivity contribution in [3.05, 3.63) is 58.3 Å². The van der Waals surface area contributed by atoms with Crippen LogP contribution in [0, 0.1) is 0 Å². The van der Waals surface area contributed by atoms with Crippen LogP contribution in [0.25, 0.3) is 0 Å². The molecular weight excluding hydrogens is 326 g/mol. The molecule has 0 aliphatic carbocycles. The van der Waals surface area contributed by atoms with E-state index in [0.29, 0.717) is 6.04 Å². The van der Waals surface area contributed by atoms with Crippen LogP contribution in [0.1, 0.15) is 30.6 Å². The van der Waals surface area contributed by atoms with E-state index in [1.54, 1.807) is 0 Å². The summed E-state index contributed by atoms with van der Waals surface area (Å²) in [6.45, 7) is 3.03. The number of hydrogen-bond acceptors (Lipinski definition) is 3. The van der Waals surface area contributed by atoms with Crippen LogP contribution in [0.4, 0.5) is 5.69 Å². The summed E-state index contributed by atoms with van der Waals surface area (Å²) >= 11 is 3.51. The molecule has 0 aliphatic heterocycles. The van der Waals surface area contributed by atoms with E-state index >= 15 is 0 Å². The first-order valence-electron chi connectivity index (χ1n) is 7.22. The van der Waals surface area contributed by atoms with Gasteiger partial charge in [0, 0.05) is 24.1 Å². The fraction of sp³-hybridized carbons (Fsp3) is 0.353. The maximum absolute atomic E-state index is 4.59. The topological polar surface area (TPSA) is 28.2 Å². The third-order valence-electron chi connectivity index (χ3n) is 3.63. The van der Waals surface area contributed by atoms with Gasteiger partial charge in [-0.1, -0.05) is 35.0 Å². The second kappa shape index (κ2) is 7.57. The predicted octanol–water partition coefficient (Wildman–Crippen LogP) is 4.15. The maximum atomic E-state index is 4.59. The Balaban J connectivity index is 2.07. The van der Waals surface area contributed by atoms with E-state index < -0.39 is 0 Å². The first-order valence-corrected chi connectivity index (χ1v) is 8.02. The molecule has 2 aromatic rings. The molecule has 112 valence electrons. The molecule has 0 radical (unpaired) electrons. The Labute approximate surface area is 135 Å². The molecular formula is C17H22BrN3. The summed E-state index contributed by atoms with van der Waals surface area (Å²) in [4.78, 5) is 6.79. The summed E-state index contributed by atoms with van der Waals surface area (Å²) in [5.41, 5.74) is 3.50. The molecule has 0 bridgehead atoms. The van der Waals surface area contributed by atoms with Crippen molar-refractivity contribution in [2.45, 2.75) is 25.9 Å². The van der Waals surface area contributed by atoms with Gasteiger partial charge in [0.05, 0.1) is 17.6 Å². The Bertz CT molecular complexity index is 565. The molecule has 4 heteroatoms. The zero-order chi connectivity index (χ0) is 15.2. The molecule has 0 saturated carbocycles. The van der Waals surface area contributed by atoms with Crippen LogP contribution in [0.2, 0.25) is 0 Å². The summed E-state index contributed by atoms with van der Waals surface area (Å²) in [6.07, 6.45) is 2.99. The molecule has 0 spiro atoms. The van der Waals surface area contributed by atoms with Gasteiger partial charge in [-0.15, -0.1) is 0 Å². The summed E-state index contributed by atoms with van der Waals surface area (Å²) in [5, 5.41) is 3.28. The smallest absolute Gasteiger partial charge is 0.0574 e. The lowest BCUT2D eigenvalue weighted by Crippen LogP contribution is -2.19. The molecule has 3 nitrogen and oxygen atoms in total.